The summed E-state index contributed by atoms with van der Waals surface area (Å²) in [5.41, 5.74) is 2.34. The fraction of sp³-hybridized carbons (Fsp3) is 0.652. The summed E-state index contributed by atoms with van der Waals surface area (Å²) in [6.07, 6.45) is 15.6. The lowest BCUT2D eigenvalue weighted by atomic mass is 9.95. The zero-order chi connectivity index (χ0) is 39.7. The number of quaternary nitrogens is 2. The number of carbonyl (C=O) groups is 4. The van der Waals surface area contributed by atoms with Crippen molar-refractivity contribution in [3.05, 3.63) is 59.7 Å². The monoisotopic (exact) mass is 774 g/mol. The summed E-state index contributed by atoms with van der Waals surface area (Å²) >= 11 is 0. The van der Waals surface area contributed by atoms with Crippen molar-refractivity contribution in [3.8, 4) is 11.5 Å². The Morgan fingerprint density at radius 1 is 0.536 bits per heavy atom. The highest BCUT2D eigenvalue weighted by molar-refractivity contribution is 5.72. The van der Waals surface area contributed by atoms with Crippen molar-refractivity contribution in [3.63, 3.8) is 0 Å². The van der Waals surface area contributed by atoms with Crippen molar-refractivity contribution in [1.82, 2.24) is 0 Å². The zero-order valence-electron chi connectivity index (χ0n) is 34.4. The third kappa shape index (κ3) is 10.6. The molecule has 10 heteroatoms. The molecule has 0 radical (unpaired) electrons. The van der Waals surface area contributed by atoms with Gasteiger partial charge in [0.05, 0.1) is 38.3 Å². The van der Waals surface area contributed by atoms with Crippen LogP contribution in [0.4, 0.5) is 0 Å². The van der Waals surface area contributed by atoms with Gasteiger partial charge in [0.1, 0.15) is 36.8 Å². The predicted octanol–water partition coefficient (Wildman–Crippen LogP) is 8.50. The molecule has 4 bridgehead atoms. The van der Waals surface area contributed by atoms with E-state index in [1.54, 1.807) is 13.8 Å². The number of unbranched alkanes of at least 4 members (excludes halogenated alkanes) is 5. The Morgan fingerprint density at radius 2 is 0.893 bits per heavy atom. The number of carbonyl (C=O) groups excluding carboxylic acids is 4. The second-order valence-corrected chi connectivity index (χ2v) is 17.5. The van der Waals surface area contributed by atoms with E-state index < -0.39 is 0 Å². The van der Waals surface area contributed by atoms with Crippen molar-refractivity contribution in [1.29, 1.82) is 0 Å². The van der Waals surface area contributed by atoms with E-state index in [0.29, 0.717) is 61.3 Å². The maximum atomic E-state index is 12.8. The molecular weight excluding hydrogens is 709 g/mol. The first kappa shape index (κ1) is 41.9. The van der Waals surface area contributed by atoms with Crippen LogP contribution in [0.3, 0.4) is 0 Å². The predicted molar refractivity (Wildman–Crippen MR) is 213 cm³/mol. The van der Waals surface area contributed by atoms with Crippen LogP contribution >= 0.6 is 0 Å². The maximum Gasteiger partial charge on any atom is 0.310 e. The minimum atomic E-state index is -0.222. The Kier molecular flexibility index (Phi) is 14.3. The van der Waals surface area contributed by atoms with Crippen molar-refractivity contribution in [2.24, 2.45) is 0 Å². The van der Waals surface area contributed by atoms with E-state index in [1.165, 1.54) is 11.1 Å². The molecule has 0 aromatic heterocycles. The van der Waals surface area contributed by atoms with Gasteiger partial charge in [-0.25, -0.2) is 0 Å². The molecule has 0 spiro atoms. The van der Waals surface area contributed by atoms with Gasteiger partial charge < -0.3 is 27.9 Å². The van der Waals surface area contributed by atoms with Crippen LogP contribution in [0.15, 0.2) is 48.5 Å². The molecule has 6 rings (SSSR count). The fourth-order valence-corrected chi connectivity index (χ4v) is 10.4. The topological polar surface area (TPSA) is 105 Å². The highest BCUT2D eigenvalue weighted by atomic mass is 16.6. The molecule has 2 aromatic carbocycles. The van der Waals surface area contributed by atoms with Gasteiger partial charge in [0.25, 0.3) is 0 Å². The molecule has 2 aromatic rings. The summed E-state index contributed by atoms with van der Waals surface area (Å²) < 4.78 is 24.9. The lowest BCUT2D eigenvalue weighted by molar-refractivity contribution is -0.961. The van der Waals surface area contributed by atoms with Crippen LogP contribution in [0.25, 0.3) is 0 Å². The molecule has 306 valence electrons. The number of ether oxygens (including phenoxy) is 4. The molecule has 4 saturated heterocycles. The number of piperidine rings is 2. The first-order valence-electron chi connectivity index (χ1n) is 21.6. The van der Waals surface area contributed by atoms with E-state index in [-0.39, 0.29) is 36.1 Å². The Hall–Kier alpha value is -3.76. The Morgan fingerprint density at radius 3 is 1.25 bits per heavy atom. The molecule has 4 unspecified atom stereocenters. The number of esters is 4. The molecule has 4 aliphatic rings. The minimum absolute atomic E-state index is 0.00217. The van der Waals surface area contributed by atoms with Gasteiger partial charge in [-0.15, -0.1) is 0 Å². The van der Waals surface area contributed by atoms with Gasteiger partial charge >= 0.3 is 23.9 Å². The highest BCUT2D eigenvalue weighted by Gasteiger charge is 2.53. The van der Waals surface area contributed by atoms with Crippen LogP contribution in [0.5, 0.6) is 11.5 Å². The SMILES string of the molecule is CCC(=O)Oc1cccc(C[N+]2(C)[C@@H]3CC[C@H]2CC(OC(=O)CCCCCCCCC(=O)OC2C[C@H]4CC[C@@H](C2)[N+]4(C)Cc2cccc(OC(=O)CC)c2)C3)c1. The van der Waals surface area contributed by atoms with Crippen LogP contribution < -0.4 is 9.47 Å². The molecular formula is C46H66N2O8+2. The van der Waals surface area contributed by atoms with Gasteiger partial charge in [-0.2, -0.15) is 0 Å². The van der Waals surface area contributed by atoms with Crippen molar-refractivity contribution >= 4 is 23.9 Å². The van der Waals surface area contributed by atoms with Crippen LogP contribution in [0, 0.1) is 0 Å². The smallest absolute Gasteiger partial charge is 0.310 e. The molecule has 8 atom stereocenters. The number of rotatable bonds is 19. The fourth-order valence-electron chi connectivity index (χ4n) is 10.4. The van der Waals surface area contributed by atoms with Crippen LogP contribution in [0.2, 0.25) is 0 Å². The first-order valence-corrected chi connectivity index (χ1v) is 21.6. The highest BCUT2D eigenvalue weighted by Crippen LogP contribution is 2.45. The van der Waals surface area contributed by atoms with Crippen LogP contribution in [-0.2, 0) is 41.7 Å². The van der Waals surface area contributed by atoms with Gasteiger partial charge in [-0.05, 0) is 37.1 Å². The summed E-state index contributed by atoms with van der Waals surface area (Å²) in [5.74, 6) is 0.631. The van der Waals surface area contributed by atoms with Gasteiger partial charge in [-0.3, -0.25) is 19.2 Å². The summed E-state index contributed by atoms with van der Waals surface area (Å²) in [6, 6.07) is 17.6. The normalized spacial score (nSPS) is 29.1. The largest absolute Gasteiger partial charge is 0.462 e. The van der Waals surface area contributed by atoms with E-state index in [9.17, 15) is 19.2 Å². The zero-order valence-corrected chi connectivity index (χ0v) is 34.4. The number of hydrogen-bond donors (Lipinski definition) is 0. The lowest BCUT2D eigenvalue weighted by Gasteiger charge is -2.47. The number of hydrogen-bond acceptors (Lipinski definition) is 8. The van der Waals surface area contributed by atoms with Crippen molar-refractivity contribution < 1.29 is 47.1 Å². The first-order chi connectivity index (χ1) is 27.0. The van der Waals surface area contributed by atoms with Gasteiger partial charge in [0, 0.05) is 88.2 Å². The van der Waals surface area contributed by atoms with Gasteiger partial charge in [-0.1, -0.05) is 63.8 Å². The molecule has 0 aliphatic carbocycles. The Bertz CT molecular complexity index is 1530. The molecule has 0 N–H and O–H groups in total. The quantitative estimate of drug-likeness (QED) is 0.0606. The summed E-state index contributed by atoms with van der Waals surface area (Å²) in [7, 11) is 4.67. The summed E-state index contributed by atoms with van der Waals surface area (Å²) in [6.45, 7) is 5.37. The Labute approximate surface area is 334 Å². The van der Waals surface area contributed by atoms with Crippen molar-refractivity contribution in [2.45, 2.75) is 179 Å². The molecule has 0 saturated carbocycles. The average Bonchev–Trinajstić information content (AvgIpc) is 3.39. The van der Waals surface area contributed by atoms with E-state index in [0.717, 1.165) is 112 Å². The van der Waals surface area contributed by atoms with Crippen LogP contribution in [-0.4, -0.2) is 83.3 Å². The summed E-state index contributed by atoms with van der Waals surface area (Å²) in [4.78, 5) is 49.2. The number of fused-ring (bicyclic) bond motifs is 4. The van der Waals surface area contributed by atoms with Gasteiger partial charge in [0.15, 0.2) is 0 Å². The molecule has 4 aliphatic heterocycles. The third-order valence-corrected chi connectivity index (χ3v) is 13.6. The number of benzene rings is 2. The number of nitrogens with zero attached hydrogens (tertiary/aromatic N) is 2. The Balaban J connectivity index is 0.818. The van der Waals surface area contributed by atoms with E-state index in [1.807, 2.05) is 36.4 Å². The van der Waals surface area contributed by atoms with Gasteiger partial charge in [0.2, 0.25) is 0 Å². The van der Waals surface area contributed by atoms with Crippen molar-refractivity contribution in [2.75, 3.05) is 14.1 Å². The van der Waals surface area contributed by atoms with E-state index in [2.05, 4.69) is 26.2 Å². The molecule has 4 heterocycles. The van der Waals surface area contributed by atoms with E-state index >= 15 is 0 Å². The standard InChI is InChI=1S/C46H66N2O8/c1-5-43(49)53-39-17-13-15-33(25-39)31-47(3)35-21-22-36(47)28-41(27-35)55-45(51)19-11-9-7-8-10-12-20-46(52)56-42-29-37-23-24-38(30-42)48(37,4)32-34-16-14-18-40(26-34)54-44(50)6-2/h13-18,25-26,35-38,41-42H,5-12,19-24,27-32H2,1-4H3/q+2/t35-,36+,37-,38+,41?,42?,47?,48?. The minimum Gasteiger partial charge on any atom is -0.462 e. The third-order valence-electron chi connectivity index (χ3n) is 13.6. The van der Waals surface area contributed by atoms with Crippen LogP contribution in [0.1, 0.15) is 141 Å². The average molecular weight is 775 g/mol. The maximum absolute atomic E-state index is 12.8. The van der Waals surface area contributed by atoms with E-state index in [4.69, 9.17) is 18.9 Å². The summed E-state index contributed by atoms with van der Waals surface area (Å²) in [5, 5.41) is 0. The molecule has 4 fully saturated rings. The second kappa shape index (κ2) is 19.1. The molecule has 10 nitrogen and oxygen atoms in total. The second-order valence-electron chi connectivity index (χ2n) is 17.5. The molecule has 56 heavy (non-hydrogen) atoms. The lowest BCUT2D eigenvalue weighted by Crippen LogP contribution is -2.58. The molecule has 0 amide bonds.